The highest BCUT2D eigenvalue weighted by molar-refractivity contribution is 5.82. The molecule has 0 spiro atoms. The number of hydrogen-bond donors (Lipinski definition) is 3. The molecule has 0 atom stereocenters. The number of hydrogen-bond acceptors (Lipinski definition) is 3. The van der Waals surface area contributed by atoms with Gasteiger partial charge >= 0.3 is 6.09 Å². The molecule has 3 N–H and O–H groups in total. The van der Waals surface area contributed by atoms with Crippen molar-refractivity contribution in [2.75, 3.05) is 20.2 Å². The van der Waals surface area contributed by atoms with Crippen molar-refractivity contribution < 1.29 is 23.8 Å². The lowest BCUT2D eigenvalue weighted by molar-refractivity contribution is -0.132. The van der Waals surface area contributed by atoms with E-state index < -0.39 is 6.09 Å². The van der Waals surface area contributed by atoms with Gasteiger partial charge in [-0.15, -0.1) is 0 Å². The van der Waals surface area contributed by atoms with Crippen LogP contribution in [0.5, 0.6) is 5.75 Å². The lowest BCUT2D eigenvalue weighted by Gasteiger charge is -2.42. The molecule has 0 heterocycles. The molecule has 1 aromatic rings. The largest absolute Gasteiger partial charge is 0.489 e. The molecule has 3 fully saturated rings. The third-order valence-corrected chi connectivity index (χ3v) is 6.70. The first-order valence-corrected chi connectivity index (χ1v) is 10.1. The average Bonchev–Trinajstić information content (AvgIpc) is 3.06. The van der Waals surface area contributed by atoms with E-state index in [2.05, 4.69) is 22.8 Å². The van der Waals surface area contributed by atoms with Gasteiger partial charge in [0, 0.05) is 24.6 Å². The van der Waals surface area contributed by atoms with E-state index in [4.69, 9.17) is 9.84 Å². The second-order valence-corrected chi connectivity index (χ2v) is 8.23. The maximum absolute atomic E-state index is 12.9. The minimum Gasteiger partial charge on any atom is -0.489 e. The predicted molar refractivity (Wildman–Crippen MR) is 108 cm³/mol. The monoisotopic (exact) mass is 404 g/mol. The number of carbonyl (C=O) groups excluding carboxylic acids is 1. The summed E-state index contributed by atoms with van der Waals surface area (Å²) in [5, 5.41) is 13.6. The van der Waals surface area contributed by atoms with Gasteiger partial charge in [-0.1, -0.05) is 18.6 Å². The summed E-state index contributed by atoms with van der Waals surface area (Å²) in [6.45, 7) is -0.129. The predicted octanol–water partition coefficient (Wildman–Crippen LogP) is 3.91. The summed E-state index contributed by atoms with van der Waals surface area (Å²) in [6, 6.07) is 7.91. The number of carbonyl (C=O) groups is 2. The third kappa shape index (κ3) is 4.54. The van der Waals surface area contributed by atoms with Crippen molar-refractivity contribution in [3.05, 3.63) is 41.7 Å². The molecule has 158 valence electrons. The second kappa shape index (κ2) is 8.84. The van der Waals surface area contributed by atoms with Gasteiger partial charge < -0.3 is 20.5 Å². The van der Waals surface area contributed by atoms with E-state index >= 15 is 0 Å². The Morgan fingerprint density at radius 2 is 1.83 bits per heavy atom. The van der Waals surface area contributed by atoms with Crippen LogP contribution in [0.25, 0.3) is 0 Å². The molecule has 6 nitrogen and oxygen atoms in total. The van der Waals surface area contributed by atoms with Crippen LogP contribution in [0.1, 0.15) is 50.5 Å². The van der Waals surface area contributed by atoms with Crippen molar-refractivity contribution in [3.8, 4) is 5.75 Å². The van der Waals surface area contributed by atoms with E-state index in [0.29, 0.717) is 12.1 Å². The number of ether oxygens (including phenoxy) is 1. The Balaban J connectivity index is 1.63. The van der Waals surface area contributed by atoms with Crippen LogP contribution >= 0.6 is 0 Å². The summed E-state index contributed by atoms with van der Waals surface area (Å²) >= 11 is 0. The average molecular weight is 404 g/mol. The first-order valence-electron chi connectivity index (χ1n) is 10.1. The van der Waals surface area contributed by atoms with E-state index in [1.165, 1.54) is 5.56 Å². The minimum absolute atomic E-state index is 0.0179. The lowest BCUT2D eigenvalue weighted by atomic mass is 9.62. The van der Waals surface area contributed by atoms with Crippen molar-refractivity contribution in [2.24, 2.45) is 5.41 Å². The summed E-state index contributed by atoms with van der Waals surface area (Å²) in [7, 11) is 1.73. The Morgan fingerprint density at radius 1 is 1.14 bits per heavy atom. The van der Waals surface area contributed by atoms with Gasteiger partial charge in [0.15, 0.2) is 0 Å². The third-order valence-electron chi connectivity index (χ3n) is 6.70. The van der Waals surface area contributed by atoms with Crippen LogP contribution in [-0.4, -0.2) is 37.3 Å². The lowest BCUT2D eigenvalue weighted by Crippen LogP contribution is -2.43. The standard InChI is InChI=1S/C22H29FN2O4/c1-24-19(26)22-8-2-7-21(9-11-22,10-12-22)17-3-5-18(6-4-17)29-15-16(13-23)14-25-20(27)28/h3-6,13,25H,2,7-12,14-15H2,1H3,(H,24,26)(H,27,28)/b16-13-. The number of rotatable bonds is 7. The molecule has 0 aliphatic heterocycles. The fourth-order valence-corrected chi connectivity index (χ4v) is 4.90. The molecule has 0 aromatic heterocycles. The van der Waals surface area contributed by atoms with Crippen LogP contribution in [0.2, 0.25) is 0 Å². The van der Waals surface area contributed by atoms with Crippen LogP contribution in [0.4, 0.5) is 9.18 Å². The number of carboxylic acid groups (broad SMARTS) is 1. The van der Waals surface area contributed by atoms with Gasteiger partial charge in [-0.2, -0.15) is 0 Å². The summed E-state index contributed by atoms with van der Waals surface area (Å²) in [4.78, 5) is 22.9. The Hall–Kier alpha value is -2.57. The smallest absolute Gasteiger partial charge is 0.404 e. The summed E-state index contributed by atoms with van der Waals surface area (Å²) in [6.07, 6.45) is 6.12. The van der Waals surface area contributed by atoms with Gasteiger partial charge in [0.25, 0.3) is 0 Å². The number of amides is 2. The molecule has 2 amide bonds. The zero-order valence-electron chi connectivity index (χ0n) is 16.8. The normalized spacial score (nSPS) is 26.5. The molecule has 29 heavy (non-hydrogen) atoms. The maximum Gasteiger partial charge on any atom is 0.404 e. The Bertz CT molecular complexity index is 768. The minimum atomic E-state index is -1.20. The van der Waals surface area contributed by atoms with Gasteiger partial charge in [-0.3, -0.25) is 4.79 Å². The SMILES string of the molecule is CNC(=O)C12CCCC(c3ccc(OC/C(=C\F)CNC(=O)O)cc3)(CC1)CC2. The van der Waals surface area contributed by atoms with E-state index in [-0.39, 0.29) is 35.5 Å². The highest BCUT2D eigenvalue weighted by Crippen LogP contribution is 2.55. The highest BCUT2D eigenvalue weighted by atomic mass is 19.1. The Morgan fingerprint density at radius 3 is 2.41 bits per heavy atom. The molecule has 0 saturated heterocycles. The van der Waals surface area contributed by atoms with Crippen LogP contribution in [-0.2, 0) is 10.2 Å². The summed E-state index contributed by atoms with van der Waals surface area (Å²) < 4.78 is 18.5. The van der Waals surface area contributed by atoms with Gasteiger partial charge in [0.1, 0.15) is 12.4 Å². The first kappa shape index (κ1) is 21.1. The fourth-order valence-electron chi connectivity index (χ4n) is 4.90. The second-order valence-electron chi connectivity index (χ2n) is 8.23. The Kier molecular flexibility index (Phi) is 6.45. The van der Waals surface area contributed by atoms with Crippen molar-refractivity contribution in [1.29, 1.82) is 0 Å². The van der Waals surface area contributed by atoms with Gasteiger partial charge in [0.05, 0.1) is 6.33 Å². The zero-order chi connectivity index (χ0) is 20.9. The van der Waals surface area contributed by atoms with E-state index in [1.54, 1.807) is 7.05 Å². The fraction of sp³-hybridized carbons (Fsp3) is 0.545. The van der Waals surface area contributed by atoms with Crippen LogP contribution < -0.4 is 15.4 Å². The first-order chi connectivity index (χ1) is 13.9. The molecular formula is C22H29FN2O4. The zero-order valence-corrected chi connectivity index (χ0v) is 16.8. The van der Waals surface area contributed by atoms with Crippen LogP contribution in [0.15, 0.2) is 36.2 Å². The summed E-state index contributed by atoms with van der Waals surface area (Å²) in [5.74, 6) is 0.801. The molecule has 0 unspecified atom stereocenters. The topological polar surface area (TPSA) is 87.7 Å². The van der Waals surface area contributed by atoms with Gasteiger partial charge in [-0.05, 0) is 61.6 Å². The summed E-state index contributed by atoms with van der Waals surface area (Å²) in [5.41, 5.74) is 1.40. The van der Waals surface area contributed by atoms with Crippen molar-refractivity contribution in [3.63, 3.8) is 0 Å². The molecule has 7 heteroatoms. The number of nitrogens with one attached hydrogen (secondary N) is 2. The van der Waals surface area contributed by atoms with E-state index in [9.17, 15) is 14.0 Å². The molecule has 4 rings (SSSR count). The van der Waals surface area contributed by atoms with Crippen molar-refractivity contribution >= 4 is 12.0 Å². The molecule has 3 saturated carbocycles. The van der Waals surface area contributed by atoms with Gasteiger partial charge in [0.2, 0.25) is 5.91 Å². The molecule has 3 aliphatic rings. The highest BCUT2D eigenvalue weighted by Gasteiger charge is 2.49. The van der Waals surface area contributed by atoms with E-state index in [0.717, 1.165) is 44.9 Å². The molecule has 2 bridgehead atoms. The van der Waals surface area contributed by atoms with Gasteiger partial charge in [-0.25, -0.2) is 9.18 Å². The quantitative estimate of drug-likeness (QED) is 0.643. The van der Waals surface area contributed by atoms with Crippen molar-refractivity contribution in [1.82, 2.24) is 10.6 Å². The van der Waals surface area contributed by atoms with Crippen LogP contribution in [0.3, 0.4) is 0 Å². The number of fused-ring (bicyclic) bond motifs is 4. The van der Waals surface area contributed by atoms with Crippen LogP contribution in [0, 0.1) is 5.41 Å². The molecule has 3 aliphatic carbocycles. The molecular weight excluding hydrogens is 375 g/mol. The maximum atomic E-state index is 12.9. The number of benzene rings is 1. The van der Waals surface area contributed by atoms with Crippen molar-refractivity contribution in [2.45, 2.75) is 50.4 Å². The molecule has 1 aromatic carbocycles. The number of halogens is 1. The Labute approximate surface area is 170 Å². The van der Waals surface area contributed by atoms with E-state index in [1.807, 2.05) is 12.1 Å². The molecule has 0 radical (unpaired) electrons.